The quantitative estimate of drug-likeness (QED) is 0.169. The average molecular weight is 712 g/mol. The lowest BCUT2D eigenvalue weighted by Crippen LogP contribution is -2.37. The molecule has 2 aliphatic heterocycles. The Morgan fingerprint density at radius 1 is 1.00 bits per heavy atom. The second-order valence-electron chi connectivity index (χ2n) is 13.5. The van der Waals surface area contributed by atoms with Gasteiger partial charge in [-0.2, -0.15) is 23.2 Å². The van der Waals surface area contributed by atoms with Crippen LogP contribution in [0.5, 0.6) is 5.75 Å². The fourth-order valence-corrected chi connectivity index (χ4v) is 7.29. The number of hydrogen-bond donors (Lipinski definition) is 1. The lowest BCUT2D eigenvalue weighted by atomic mass is 9.84. The topological polar surface area (TPSA) is 136 Å². The highest BCUT2D eigenvalue weighted by Crippen LogP contribution is 2.33. The molecule has 0 bridgehead atoms. The first kappa shape index (κ1) is 35.6. The largest absolute Gasteiger partial charge is 0.490 e. The van der Waals surface area contributed by atoms with Crippen LogP contribution >= 0.6 is 0 Å². The third-order valence-corrected chi connectivity index (χ3v) is 10.8. The van der Waals surface area contributed by atoms with E-state index in [-0.39, 0.29) is 29.5 Å². The molecule has 1 N–H and O–H groups in total. The third kappa shape index (κ3) is 8.38. The van der Waals surface area contributed by atoms with Gasteiger partial charge in [-0.15, -0.1) is 0 Å². The van der Waals surface area contributed by atoms with E-state index in [0.29, 0.717) is 36.2 Å². The van der Waals surface area contributed by atoms with E-state index < -0.39 is 33.7 Å². The van der Waals surface area contributed by atoms with Crippen molar-refractivity contribution in [2.45, 2.75) is 69.7 Å². The van der Waals surface area contributed by atoms with Gasteiger partial charge in [-0.25, -0.2) is 18.7 Å². The fourth-order valence-electron chi connectivity index (χ4n) is 6.48. The molecule has 4 aromatic rings. The number of aromatic nitrogens is 4. The Morgan fingerprint density at radius 2 is 1.72 bits per heavy atom. The monoisotopic (exact) mass is 711 g/mol. The van der Waals surface area contributed by atoms with E-state index in [1.54, 1.807) is 29.4 Å². The van der Waals surface area contributed by atoms with E-state index in [4.69, 9.17) is 13.5 Å². The summed E-state index contributed by atoms with van der Waals surface area (Å²) in [5.74, 6) is 0.825. The molecule has 2 saturated heterocycles. The number of piperidine rings is 1. The van der Waals surface area contributed by atoms with Crippen LogP contribution in [0.15, 0.2) is 64.3 Å². The number of anilines is 2. The molecule has 2 aromatic heterocycles. The van der Waals surface area contributed by atoms with E-state index in [2.05, 4.69) is 37.4 Å². The predicted molar refractivity (Wildman–Crippen MR) is 182 cm³/mol. The minimum absolute atomic E-state index is 0.0192. The number of benzene rings is 2. The zero-order chi connectivity index (χ0) is 35.4. The molecule has 2 fully saturated rings. The van der Waals surface area contributed by atoms with E-state index in [1.807, 2.05) is 20.8 Å². The molecule has 2 aromatic carbocycles. The first-order valence-electron chi connectivity index (χ1n) is 17.0. The van der Waals surface area contributed by atoms with Crippen LogP contribution in [-0.4, -0.2) is 67.4 Å². The SMILES string of the molecule is Cc1ccc(S(=O)(=O)ONC2CN(c3ncc(OCC[C@@H](C)C4CCN(c5nc(C(C)C)no5)CC4)cn3)CC2c2ccc(F)cc2F)cc1. The number of rotatable bonds is 13. The van der Waals surface area contributed by atoms with Crippen molar-refractivity contribution < 1.29 is 30.7 Å². The van der Waals surface area contributed by atoms with Crippen molar-refractivity contribution in [3.63, 3.8) is 0 Å². The zero-order valence-corrected chi connectivity index (χ0v) is 29.4. The van der Waals surface area contributed by atoms with Gasteiger partial charge < -0.3 is 19.1 Å². The second-order valence-corrected chi connectivity index (χ2v) is 15.0. The predicted octanol–water partition coefficient (Wildman–Crippen LogP) is 5.77. The summed E-state index contributed by atoms with van der Waals surface area (Å²) in [5.41, 5.74) is 3.75. The summed E-state index contributed by atoms with van der Waals surface area (Å²) in [4.78, 5) is 17.4. The first-order valence-corrected chi connectivity index (χ1v) is 18.4. The van der Waals surface area contributed by atoms with E-state index >= 15 is 0 Å². The third-order valence-electron chi connectivity index (χ3n) is 9.60. The highest BCUT2D eigenvalue weighted by molar-refractivity contribution is 7.86. The molecule has 6 rings (SSSR count). The van der Waals surface area contributed by atoms with Gasteiger partial charge in [0.05, 0.1) is 29.9 Å². The van der Waals surface area contributed by atoms with Gasteiger partial charge in [-0.3, -0.25) is 0 Å². The molecule has 12 nitrogen and oxygen atoms in total. The fraction of sp³-hybridized carbons (Fsp3) is 0.486. The number of ether oxygens (including phenoxy) is 1. The Hall–Kier alpha value is -4.21. The molecular weight excluding hydrogens is 668 g/mol. The van der Waals surface area contributed by atoms with Crippen molar-refractivity contribution in [3.05, 3.63) is 83.4 Å². The standard InChI is InChI=1S/C35H43F2N7O5S/c1-22(2)33-40-35(48-42-33)43-14-11-25(12-15-43)24(4)13-16-47-27-18-38-34(39-19-27)44-20-30(29-10-7-26(36)17-31(29)37)32(21-44)41-49-50(45,46)28-8-5-23(3)6-9-28/h5-10,17-19,22,24-25,30,32,41H,11-16,20-21H2,1-4H3/t24-,30?,32?/m1/s1. The Balaban J connectivity index is 1.03. The Bertz CT molecular complexity index is 1830. The molecule has 2 unspecified atom stereocenters. The van der Waals surface area contributed by atoms with Crippen LogP contribution in [-0.2, 0) is 14.4 Å². The molecular formula is C35H43F2N7O5S. The number of hydrogen-bond acceptors (Lipinski definition) is 12. The highest BCUT2D eigenvalue weighted by atomic mass is 32.2. The number of halogens is 2. The number of nitrogens with one attached hydrogen (secondary N) is 1. The van der Waals surface area contributed by atoms with Crippen LogP contribution in [0.3, 0.4) is 0 Å². The van der Waals surface area contributed by atoms with Crippen molar-refractivity contribution in [2.24, 2.45) is 11.8 Å². The lowest BCUT2D eigenvalue weighted by molar-refractivity contribution is 0.162. The molecule has 4 heterocycles. The first-order chi connectivity index (χ1) is 24.0. The summed E-state index contributed by atoms with van der Waals surface area (Å²) in [6, 6.07) is 9.50. The zero-order valence-electron chi connectivity index (χ0n) is 28.6. The molecule has 0 saturated carbocycles. The minimum Gasteiger partial charge on any atom is -0.490 e. The van der Waals surface area contributed by atoms with E-state index in [1.165, 1.54) is 24.3 Å². The van der Waals surface area contributed by atoms with Gasteiger partial charge in [0.25, 0.3) is 0 Å². The second kappa shape index (κ2) is 15.4. The molecule has 0 amide bonds. The maximum absolute atomic E-state index is 14.9. The van der Waals surface area contributed by atoms with Crippen LogP contribution < -0.4 is 20.0 Å². The van der Waals surface area contributed by atoms with Gasteiger partial charge in [0.1, 0.15) is 11.6 Å². The van der Waals surface area contributed by atoms with Gasteiger partial charge >= 0.3 is 16.1 Å². The van der Waals surface area contributed by atoms with Crippen LogP contribution in [0.1, 0.15) is 68.8 Å². The Morgan fingerprint density at radius 3 is 2.38 bits per heavy atom. The molecule has 50 heavy (non-hydrogen) atoms. The van der Waals surface area contributed by atoms with E-state index in [9.17, 15) is 17.2 Å². The molecule has 3 atom stereocenters. The van der Waals surface area contributed by atoms with Gasteiger partial charge in [-0.05, 0) is 61.8 Å². The molecule has 2 aliphatic rings. The summed E-state index contributed by atoms with van der Waals surface area (Å²) in [5, 5.41) is 4.08. The molecule has 15 heteroatoms. The molecule has 0 spiro atoms. The number of hydroxylamine groups is 1. The Kier molecular flexibility index (Phi) is 10.9. The van der Waals surface area contributed by atoms with Crippen molar-refractivity contribution in [3.8, 4) is 5.75 Å². The van der Waals surface area contributed by atoms with Crippen molar-refractivity contribution in [2.75, 3.05) is 42.6 Å². The smallest absolute Gasteiger partial charge is 0.324 e. The summed E-state index contributed by atoms with van der Waals surface area (Å²) < 4.78 is 71.1. The summed E-state index contributed by atoms with van der Waals surface area (Å²) in [6.45, 7) is 10.9. The number of nitrogens with zero attached hydrogens (tertiary/aromatic N) is 6. The van der Waals surface area contributed by atoms with Crippen molar-refractivity contribution in [1.82, 2.24) is 25.6 Å². The average Bonchev–Trinajstić information content (AvgIpc) is 3.77. The molecule has 268 valence electrons. The van der Waals surface area contributed by atoms with Crippen LogP contribution in [0, 0.1) is 30.4 Å². The molecule has 0 radical (unpaired) electrons. The summed E-state index contributed by atoms with van der Waals surface area (Å²) in [7, 11) is -4.16. The summed E-state index contributed by atoms with van der Waals surface area (Å²) in [6.07, 6.45) is 6.13. The lowest BCUT2D eigenvalue weighted by Gasteiger charge is -2.33. The Labute approximate surface area is 291 Å². The normalized spacial score (nSPS) is 19.3. The van der Waals surface area contributed by atoms with Crippen LogP contribution in [0.2, 0.25) is 0 Å². The van der Waals surface area contributed by atoms with Crippen molar-refractivity contribution >= 4 is 22.1 Å². The maximum Gasteiger partial charge on any atom is 0.324 e. The highest BCUT2D eigenvalue weighted by Gasteiger charge is 2.38. The number of aryl methyl sites for hydroxylation is 1. The van der Waals surface area contributed by atoms with E-state index in [0.717, 1.165) is 49.8 Å². The van der Waals surface area contributed by atoms with Gasteiger partial charge in [0.15, 0.2) is 11.6 Å². The van der Waals surface area contributed by atoms with Gasteiger partial charge in [0.2, 0.25) is 5.95 Å². The maximum atomic E-state index is 14.9. The minimum atomic E-state index is -4.16. The van der Waals surface area contributed by atoms with Crippen LogP contribution in [0.25, 0.3) is 0 Å². The van der Waals surface area contributed by atoms with Crippen molar-refractivity contribution in [1.29, 1.82) is 0 Å². The summed E-state index contributed by atoms with van der Waals surface area (Å²) >= 11 is 0. The van der Waals surface area contributed by atoms with Gasteiger partial charge in [0, 0.05) is 44.1 Å². The van der Waals surface area contributed by atoms with Crippen LogP contribution in [0.4, 0.5) is 20.7 Å². The molecule has 0 aliphatic carbocycles. The van der Waals surface area contributed by atoms with Gasteiger partial charge in [-0.1, -0.05) is 49.7 Å².